The van der Waals surface area contributed by atoms with Gasteiger partial charge in [-0.25, -0.2) is 0 Å². The number of hydrogen-bond donors (Lipinski definition) is 3. The second-order valence-corrected chi connectivity index (χ2v) is 6.55. The molecule has 1 aliphatic rings. The van der Waals surface area contributed by atoms with Gasteiger partial charge in [-0.3, -0.25) is 4.79 Å². The molecule has 2 heterocycles. The Morgan fingerprint density at radius 3 is 2.86 bits per heavy atom. The van der Waals surface area contributed by atoms with Gasteiger partial charge in [0.15, 0.2) is 0 Å². The fourth-order valence-electron chi connectivity index (χ4n) is 2.51. The first kappa shape index (κ1) is 15.6. The predicted molar refractivity (Wildman–Crippen MR) is 83.5 cm³/mol. The number of carbonyl (C=O) groups is 1. The van der Waals surface area contributed by atoms with Crippen LogP contribution < -0.4 is 16.0 Å². The second kappa shape index (κ2) is 5.92. The minimum atomic E-state index is -0.673. The molecule has 1 amide bonds. The van der Waals surface area contributed by atoms with Crippen molar-refractivity contribution in [1.29, 1.82) is 5.26 Å². The van der Waals surface area contributed by atoms with Gasteiger partial charge in [0.1, 0.15) is 21.5 Å². The van der Waals surface area contributed by atoms with Crippen LogP contribution in [-0.4, -0.2) is 36.8 Å². The molecule has 1 atom stereocenters. The molecule has 4 N–H and O–H groups in total. The Balaban J connectivity index is 2.35. The highest BCUT2D eigenvalue weighted by atomic mass is 32.1. The van der Waals surface area contributed by atoms with Gasteiger partial charge in [-0.15, -0.1) is 11.3 Å². The van der Waals surface area contributed by atoms with Crippen molar-refractivity contribution >= 4 is 27.9 Å². The molecule has 0 bridgehead atoms. The van der Waals surface area contributed by atoms with Crippen molar-refractivity contribution in [3.63, 3.8) is 0 Å². The monoisotopic (exact) mass is 308 g/mol. The summed E-state index contributed by atoms with van der Waals surface area (Å²) in [6.07, 6.45) is 2.20. The molecule has 21 heavy (non-hydrogen) atoms. The van der Waals surface area contributed by atoms with E-state index in [1.165, 1.54) is 18.4 Å². The molecule has 114 valence electrons. The topological polar surface area (TPSA) is 102 Å². The zero-order chi connectivity index (χ0) is 15.6. The van der Waals surface area contributed by atoms with Crippen molar-refractivity contribution in [3.05, 3.63) is 10.4 Å². The smallest absolute Gasteiger partial charge is 0.263 e. The van der Waals surface area contributed by atoms with Gasteiger partial charge >= 0.3 is 0 Å². The fourth-order valence-corrected chi connectivity index (χ4v) is 3.68. The molecule has 0 spiro atoms. The molecule has 1 aromatic heterocycles. The first-order valence-corrected chi connectivity index (χ1v) is 7.73. The van der Waals surface area contributed by atoms with E-state index < -0.39 is 5.60 Å². The molecule has 0 radical (unpaired) electrons. The first-order valence-electron chi connectivity index (χ1n) is 6.91. The van der Waals surface area contributed by atoms with Crippen LogP contribution in [0.1, 0.15) is 41.4 Å². The summed E-state index contributed by atoms with van der Waals surface area (Å²) in [4.78, 5) is 14.2. The van der Waals surface area contributed by atoms with Gasteiger partial charge in [-0.2, -0.15) is 5.26 Å². The number of thiophene rings is 1. The van der Waals surface area contributed by atoms with Crippen LogP contribution in [-0.2, 0) is 0 Å². The molecule has 1 aromatic rings. The largest absolute Gasteiger partial charge is 0.396 e. The molecular weight excluding hydrogens is 288 g/mol. The van der Waals surface area contributed by atoms with Crippen LogP contribution in [0.25, 0.3) is 0 Å². The summed E-state index contributed by atoms with van der Waals surface area (Å²) < 4.78 is 0. The molecule has 0 saturated carbocycles. The summed E-state index contributed by atoms with van der Waals surface area (Å²) in [7, 11) is 1.54. The Hall–Kier alpha value is -1.78. The first-order chi connectivity index (χ1) is 9.89. The summed E-state index contributed by atoms with van der Waals surface area (Å²) in [5.41, 5.74) is 5.87. The van der Waals surface area contributed by atoms with E-state index in [-0.39, 0.29) is 11.6 Å². The maximum absolute atomic E-state index is 11.8. The highest BCUT2D eigenvalue weighted by Crippen LogP contribution is 2.39. The Morgan fingerprint density at radius 2 is 2.24 bits per heavy atom. The van der Waals surface area contributed by atoms with Crippen LogP contribution in [0.4, 0.5) is 10.7 Å². The second-order valence-electron chi connectivity index (χ2n) is 5.55. The molecule has 0 aliphatic carbocycles. The standard InChI is InChI=1S/C14H20N4O2S/c1-14(20)4-3-6-18(7-5-14)13-9(8-15)10(16)11(21-13)12(19)17-2/h20H,3-7,16H2,1-2H3,(H,17,19). The molecular formula is C14H20N4O2S. The molecule has 1 unspecified atom stereocenters. The zero-order valence-electron chi connectivity index (χ0n) is 12.3. The van der Waals surface area contributed by atoms with Gasteiger partial charge in [0.25, 0.3) is 5.91 Å². The van der Waals surface area contributed by atoms with Crippen molar-refractivity contribution in [2.75, 3.05) is 30.8 Å². The van der Waals surface area contributed by atoms with Crippen molar-refractivity contribution in [2.24, 2.45) is 0 Å². The van der Waals surface area contributed by atoms with Crippen LogP contribution in [0.5, 0.6) is 0 Å². The van der Waals surface area contributed by atoms with Gasteiger partial charge in [0.2, 0.25) is 0 Å². The summed E-state index contributed by atoms with van der Waals surface area (Å²) in [5, 5.41) is 22.8. The number of nitrogens with two attached hydrogens (primary N) is 1. The van der Waals surface area contributed by atoms with E-state index >= 15 is 0 Å². The molecule has 1 saturated heterocycles. The van der Waals surface area contributed by atoms with Crippen molar-refractivity contribution in [1.82, 2.24) is 5.32 Å². The molecule has 1 aliphatic heterocycles. The number of aliphatic hydroxyl groups is 1. The minimum Gasteiger partial charge on any atom is -0.396 e. The zero-order valence-corrected chi connectivity index (χ0v) is 13.1. The van der Waals surface area contributed by atoms with Crippen molar-refractivity contribution < 1.29 is 9.90 Å². The van der Waals surface area contributed by atoms with Gasteiger partial charge in [-0.05, 0) is 26.2 Å². The Labute approximate surface area is 128 Å². The van der Waals surface area contributed by atoms with E-state index in [9.17, 15) is 15.2 Å². The van der Waals surface area contributed by atoms with Gasteiger partial charge < -0.3 is 21.1 Å². The van der Waals surface area contributed by atoms with Crippen LogP contribution in [0.3, 0.4) is 0 Å². The number of nitrogens with one attached hydrogen (secondary N) is 1. The van der Waals surface area contributed by atoms with E-state index in [0.717, 1.165) is 24.4 Å². The summed E-state index contributed by atoms with van der Waals surface area (Å²) in [6, 6.07) is 2.10. The molecule has 1 fully saturated rings. The van der Waals surface area contributed by atoms with Crippen molar-refractivity contribution in [2.45, 2.75) is 31.8 Å². The highest BCUT2D eigenvalue weighted by Gasteiger charge is 2.29. The Morgan fingerprint density at radius 1 is 1.52 bits per heavy atom. The number of amides is 1. The van der Waals surface area contributed by atoms with Gasteiger partial charge in [-0.1, -0.05) is 0 Å². The van der Waals surface area contributed by atoms with Crippen LogP contribution in [0.15, 0.2) is 0 Å². The number of hydrogen-bond acceptors (Lipinski definition) is 6. The number of nitrogens with zero attached hydrogens (tertiary/aromatic N) is 2. The predicted octanol–water partition coefficient (Wildman–Crippen LogP) is 1.30. The van der Waals surface area contributed by atoms with Crippen LogP contribution in [0, 0.1) is 11.3 Å². The maximum atomic E-state index is 11.8. The summed E-state index contributed by atoms with van der Waals surface area (Å²) >= 11 is 1.24. The average Bonchev–Trinajstić information content (AvgIpc) is 2.66. The number of nitriles is 1. The number of rotatable bonds is 2. The molecule has 6 nitrogen and oxygen atoms in total. The van der Waals surface area contributed by atoms with E-state index in [2.05, 4.69) is 11.4 Å². The molecule has 7 heteroatoms. The fraction of sp³-hybridized carbons (Fsp3) is 0.571. The van der Waals surface area contributed by atoms with E-state index in [0.29, 0.717) is 23.4 Å². The number of nitrogen functional groups attached to an aromatic ring is 1. The minimum absolute atomic E-state index is 0.243. The lowest BCUT2D eigenvalue weighted by molar-refractivity contribution is 0.0481. The molecule has 2 rings (SSSR count). The number of anilines is 2. The Kier molecular flexibility index (Phi) is 4.40. The quantitative estimate of drug-likeness (QED) is 0.764. The lowest BCUT2D eigenvalue weighted by Gasteiger charge is -2.23. The third kappa shape index (κ3) is 3.12. The summed E-state index contributed by atoms with van der Waals surface area (Å²) in [5.74, 6) is -0.276. The number of carbonyl (C=O) groups excluding carboxylic acids is 1. The van der Waals surface area contributed by atoms with Gasteiger partial charge in [0.05, 0.1) is 11.3 Å². The summed E-state index contributed by atoms with van der Waals surface area (Å²) in [6.45, 7) is 3.23. The third-order valence-corrected chi connectivity index (χ3v) is 5.09. The van der Waals surface area contributed by atoms with Crippen molar-refractivity contribution in [3.8, 4) is 6.07 Å². The lowest BCUT2D eigenvalue weighted by atomic mass is 9.98. The Bertz CT molecular complexity index is 589. The highest BCUT2D eigenvalue weighted by molar-refractivity contribution is 7.19. The SMILES string of the molecule is CNC(=O)c1sc(N2CCCC(C)(O)CC2)c(C#N)c1N. The third-order valence-electron chi connectivity index (χ3n) is 3.82. The molecule has 0 aromatic carbocycles. The van der Waals surface area contributed by atoms with E-state index in [1.54, 1.807) is 0 Å². The van der Waals surface area contributed by atoms with Crippen LogP contribution >= 0.6 is 11.3 Å². The van der Waals surface area contributed by atoms with Crippen LogP contribution in [0.2, 0.25) is 0 Å². The lowest BCUT2D eigenvalue weighted by Crippen LogP contribution is -2.28. The average molecular weight is 308 g/mol. The normalized spacial score (nSPS) is 22.5. The maximum Gasteiger partial charge on any atom is 0.263 e. The van der Waals surface area contributed by atoms with Gasteiger partial charge in [0, 0.05) is 20.1 Å². The van der Waals surface area contributed by atoms with E-state index in [4.69, 9.17) is 5.73 Å². The van der Waals surface area contributed by atoms with E-state index in [1.807, 2.05) is 11.8 Å².